The summed E-state index contributed by atoms with van der Waals surface area (Å²) in [7, 11) is 1.97. The highest BCUT2D eigenvalue weighted by molar-refractivity contribution is 5.31. The van der Waals surface area contributed by atoms with Crippen LogP contribution in [0.15, 0.2) is 42.6 Å². The summed E-state index contributed by atoms with van der Waals surface area (Å²) in [6.07, 6.45) is 3.03. The Bertz CT molecular complexity index is 497. The summed E-state index contributed by atoms with van der Waals surface area (Å²) >= 11 is 0. The van der Waals surface area contributed by atoms with E-state index in [0.29, 0.717) is 0 Å². The predicted octanol–water partition coefficient (Wildman–Crippen LogP) is 1.50. The Balaban J connectivity index is 1.88. The minimum absolute atomic E-state index is 0.246. The van der Waals surface area contributed by atoms with Crippen LogP contribution in [0.5, 0.6) is 0 Å². The fourth-order valence-corrected chi connectivity index (χ4v) is 2.55. The Hall–Kier alpha value is -1.61. The summed E-state index contributed by atoms with van der Waals surface area (Å²) in [5, 5.41) is 7.88. The van der Waals surface area contributed by atoms with Gasteiger partial charge in [0, 0.05) is 38.2 Å². The molecule has 2 heterocycles. The van der Waals surface area contributed by atoms with E-state index in [-0.39, 0.29) is 5.41 Å². The molecular formula is C14H17N3. The molecule has 1 aromatic heterocycles. The predicted molar refractivity (Wildman–Crippen MR) is 67.9 cm³/mol. The molecule has 0 amide bonds. The van der Waals surface area contributed by atoms with Crippen molar-refractivity contribution in [2.75, 3.05) is 13.1 Å². The fraction of sp³-hybridized carbons (Fsp3) is 0.357. The summed E-state index contributed by atoms with van der Waals surface area (Å²) in [5.41, 5.74) is 2.84. The molecule has 1 aliphatic heterocycles. The number of hydrogen-bond donors (Lipinski definition) is 1. The average molecular weight is 227 g/mol. The van der Waals surface area contributed by atoms with E-state index in [4.69, 9.17) is 0 Å². The Morgan fingerprint density at radius 3 is 2.53 bits per heavy atom. The van der Waals surface area contributed by atoms with Gasteiger partial charge in [-0.05, 0) is 11.6 Å². The monoisotopic (exact) mass is 227 g/mol. The zero-order valence-corrected chi connectivity index (χ0v) is 10.1. The SMILES string of the molecule is Cn1ccc(CC2(c3ccccc3)CNC2)n1. The van der Waals surface area contributed by atoms with Crippen molar-refractivity contribution in [2.45, 2.75) is 11.8 Å². The van der Waals surface area contributed by atoms with E-state index in [1.165, 1.54) is 11.3 Å². The standard InChI is InChI=1S/C14H17N3/c1-17-8-7-13(16-17)9-14(10-15-11-14)12-5-3-2-4-6-12/h2-8,15H,9-11H2,1H3. The maximum atomic E-state index is 4.49. The molecule has 3 nitrogen and oxygen atoms in total. The van der Waals surface area contributed by atoms with Crippen LogP contribution in [0.4, 0.5) is 0 Å². The van der Waals surface area contributed by atoms with Crippen LogP contribution < -0.4 is 5.32 Å². The minimum Gasteiger partial charge on any atom is -0.315 e. The molecule has 17 heavy (non-hydrogen) atoms. The lowest BCUT2D eigenvalue weighted by Crippen LogP contribution is -2.58. The molecule has 1 fully saturated rings. The van der Waals surface area contributed by atoms with Crippen LogP contribution in [0.2, 0.25) is 0 Å². The summed E-state index contributed by atoms with van der Waals surface area (Å²) in [5.74, 6) is 0. The van der Waals surface area contributed by atoms with Crippen molar-refractivity contribution in [1.82, 2.24) is 15.1 Å². The molecule has 88 valence electrons. The van der Waals surface area contributed by atoms with Gasteiger partial charge < -0.3 is 5.32 Å². The van der Waals surface area contributed by atoms with Crippen LogP contribution in [0.25, 0.3) is 0 Å². The maximum Gasteiger partial charge on any atom is 0.0634 e. The van der Waals surface area contributed by atoms with Gasteiger partial charge in [-0.25, -0.2) is 0 Å². The first-order chi connectivity index (χ1) is 8.28. The molecule has 1 aliphatic rings. The van der Waals surface area contributed by atoms with Crippen molar-refractivity contribution in [3.63, 3.8) is 0 Å². The van der Waals surface area contributed by atoms with E-state index in [0.717, 1.165) is 19.5 Å². The third-order valence-corrected chi connectivity index (χ3v) is 3.60. The molecule has 0 saturated carbocycles. The molecule has 0 aliphatic carbocycles. The lowest BCUT2D eigenvalue weighted by atomic mass is 9.72. The summed E-state index contributed by atoms with van der Waals surface area (Å²) in [6, 6.07) is 12.9. The van der Waals surface area contributed by atoms with E-state index in [1.54, 1.807) is 0 Å². The molecular weight excluding hydrogens is 210 g/mol. The molecule has 1 saturated heterocycles. The highest BCUT2D eigenvalue weighted by Crippen LogP contribution is 2.31. The number of aromatic nitrogens is 2. The van der Waals surface area contributed by atoms with Crippen molar-refractivity contribution in [3.8, 4) is 0 Å². The number of nitrogens with zero attached hydrogens (tertiary/aromatic N) is 2. The Kier molecular flexibility index (Phi) is 2.48. The van der Waals surface area contributed by atoms with E-state index in [1.807, 2.05) is 17.9 Å². The third-order valence-electron chi connectivity index (χ3n) is 3.60. The van der Waals surface area contributed by atoms with Crippen molar-refractivity contribution in [2.24, 2.45) is 7.05 Å². The van der Waals surface area contributed by atoms with Crippen LogP contribution in [0.3, 0.4) is 0 Å². The van der Waals surface area contributed by atoms with Gasteiger partial charge in [-0.15, -0.1) is 0 Å². The summed E-state index contributed by atoms with van der Waals surface area (Å²) in [6.45, 7) is 2.10. The first-order valence-corrected chi connectivity index (χ1v) is 6.03. The van der Waals surface area contributed by atoms with Gasteiger partial charge in [-0.3, -0.25) is 4.68 Å². The minimum atomic E-state index is 0.246. The van der Waals surface area contributed by atoms with Crippen LogP contribution >= 0.6 is 0 Å². The number of aryl methyl sites for hydroxylation is 1. The van der Waals surface area contributed by atoms with Gasteiger partial charge in [0.25, 0.3) is 0 Å². The number of nitrogens with one attached hydrogen (secondary N) is 1. The molecule has 0 spiro atoms. The molecule has 0 radical (unpaired) electrons. The summed E-state index contributed by atoms with van der Waals surface area (Å²) < 4.78 is 1.88. The van der Waals surface area contributed by atoms with Gasteiger partial charge in [0.1, 0.15) is 0 Å². The first kappa shape index (κ1) is 10.5. The Morgan fingerprint density at radius 1 is 1.24 bits per heavy atom. The van der Waals surface area contributed by atoms with Crippen LogP contribution in [0.1, 0.15) is 11.3 Å². The second-order valence-corrected chi connectivity index (χ2v) is 4.91. The lowest BCUT2D eigenvalue weighted by Gasteiger charge is -2.43. The zero-order chi connectivity index (χ0) is 11.7. The number of benzene rings is 1. The van der Waals surface area contributed by atoms with E-state index < -0.39 is 0 Å². The van der Waals surface area contributed by atoms with Gasteiger partial charge in [-0.2, -0.15) is 5.10 Å². The molecule has 0 bridgehead atoms. The fourth-order valence-electron chi connectivity index (χ4n) is 2.55. The molecule has 1 aromatic carbocycles. The van der Waals surface area contributed by atoms with Crippen LogP contribution in [0, 0.1) is 0 Å². The third kappa shape index (κ3) is 1.87. The Morgan fingerprint density at radius 2 is 2.00 bits per heavy atom. The largest absolute Gasteiger partial charge is 0.315 e. The van der Waals surface area contributed by atoms with Crippen molar-refractivity contribution >= 4 is 0 Å². The summed E-state index contributed by atoms with van der Waals surface area (Å²) in [4.78, 5) is 0. The van der Waals surface area contributed by atoms with Crippen LogP contribution in [-0.2, 0) is 18.9 Å². The highest BCUT2D eigenvalue weighted by Gasteiger charge is 2.39. The second-order valence-electron chi connectivity index (χ2n) is 4.91. The van der Waals surface area contributed by atoms with E-state index in [2.05, 4.69) is 46.8 Å². The molecule has 3 heteroatoms. The zero-order valence-electron chi connectivity index (χ0n) is 10.1. The van der Waals surface area contributed by atoms with Gasteiger partial charge in [-0.1, -0.05) is 30.3 Å². The van der Waals surface area contributed by atoms with Gasteiger partial charge in [0.2, 0.25) is 0 Å². The number of hydrogen-bond acceptors (Lipinski definition) is 2. The van der Waals surface area contributed by atoms with Gasteiger partial charge >= 0.3 is 0 Å². The molecule has 0 unspecified atom stereocenters. The molecule has 2 aromatic rings. The van der Waals surface area contributed by atoms with Gasteiger partial charge in [0.15, 0.2) is 0 Å². The molecule has 3 rings (SSSR count). The smallest absolute Gasteiger partial charge is 0.0634 e. The lowest BCUT2D eigenvalue weighted by molar-refractivity contribution is 0.272. The normalized spacial score (nSPS) is 17.7. The molecule has 0 atom stereocenters. The first-order valence-electron chi connectivity index (χ1n) is 6.03. The quantitative estimate of drug-likeness (QED) is 0.861. The number of rotatable bonds is 3. The van der Waals surface area contributed by atoms with Crippen molar-refractivity contribution < 1.29 is 0 Å². The second kappa shape index (κ2) is 4.00. The van der Waals surface area contributed by atoms with Crippen molar-refractivity contribution in [1.29, 1.82) is 0 Å². The van der Waals surface area contributed by atoms with Crippen molar-refractivity contribution in [3.05, 3.63) is 53.9 Å². The van der Waals surface area contributed by atoms with E-state index in [9.17, 15) is 0 Å². The topological polar surface area (TPSA) is 29.9 Å². The highest BCUT2D eigenvalue weighted by atomic mass is 15.2. The Labute approximate surface area is 101 Å². The van der Waals surface area contributed by atoms with Gasteiger partial charge in [0.05, 0.1) is 5.69 Å². The maximum absolute atomic E-state index is 4.49. The average Bonchev–Trinajstić information content (AvgIpc) is 2.71. The van der Waals surface area contributed by atoms with Crippen LogP contribution in [-0.4, -0.2) is 22.9 Å². The molecule has 1 N–H and O–H groups in total. The van der Waals surface area contributed by atoms with E-state index >= 15 is 0 Å².